The number of hydrogen-bond donors (Lipinski definition) is 1. The van der Waals surface area contributed by atoms with Crippen LogP contribution in [-0.4, -0.2) is 22.0 Å². The number of allylic oxidation sites excluding steroid dienone is 1. The summed E-state index contributed by atoms with van der Waals surface area (Å²) < 4.78 is 2.14. The molecule has 0 unspecified atom stereocenters. The second-order valence-corrected chi connectivity index (χ2v) is 4.77. The molecule has 1 aliphatic rings. The molecule has 1 heterocycles. The van der Waals surface area contributed by atoms with Crippen molar-refractivity contribution in [2.75, 3.05) is 6.54 Å². The van der Waals surface area contributed by atoms with E-state index < -0.39 is 0 Å². The molecule has 1 fully saturated rings. The highest BCUT2D eigenvalue weighted by atomic mass is 16.1. The fraction of sp³-hybridized carbons (Fsp3) is 0.538. The minimum absolute atomic E-state index is 0.0157. The van der Waals surface area contributed by atoms with Crippen LogP contribution in [-0.2, 0) is 11.3 Å². The zero-order valence-electron chi connectivity index (χ0n) is 10.4. The molecule has 1 aromatic rings. The lowest BCUT2D eigenvalue weighted by atomic mass is 10.3. The van der Waals surface area contributed by atoms with Crippen molar-refractivity contribution in [3.8, 4) is 0 Å². The fourth-order valence-electron chi connectivity index (χ4n) is 1.82. The molecule has 4 nitrogen and oxygen atoms in total. The Balaban J connectivity index is 1.80. The van der Waals surface area contributed by atoms with Gasteiger partial charge in [-0.25, -0.2) is 4.98 Å². The van der Waals surface area contributed by atoms with Crippen LogP contribution in [0.15, 0.2) is 24.0 Å². The molecule has 1 amide bonds. The van der Waals surface area contributed by atoms with Gasteiger partial charge in [0.1, 0.15) is 5.82 Å². The molecule has 0 radical (unpaired) electrons. The average Bonchev–Trinajstić information content (AvgIpc) is 2.98. The molecule has 1 saturated carbocycles. The highest BCUT2D eigenvalue weighted by Crippen LogP contribution is 2.38. The van der Waals surface area contributed by atoms with E-state index in [1.807, 2.05) is 26.2 Å². The summed E-state index contributed by atoms with van der Waals surface area (Å²) in [7, 11) is 0. The molecule has 0 spiro atoms. The van der Waals surface area contributed by atoms with E-state index in [4.69, 9.17) is 0 Å². The lowest BCUT2D eigenvalue weighted by Crippen LogP contribution is -2.26. The Labute approximate surface area is 102 Å². The maximum atomic E-state index is 11.4. The van der Waals surface area contributed by atoms with Gasteiger partial charge in [0.25, 0.3) is 0 Å². The smallest absolute Gasteiger partial charge is 0.243 e. The van der Waals surface area contributed by atoms with Crippen LogP contribution in [0.2, 0.25) is 0 Å². The van der Waals surface area contributed by atoms with Crippen molar-refractivity contribution >= 4 is 5.91 Å². The summed E-state index contributed by atoms with van der Waals surface area (Å²) in [5.74, 6) is 1.80. The van der Waals surface area contributed by atoms with Gasteiger partial charge in [-0.3, -0.25) is 4.79 Å². The zero-order valence-corrected chi connectivity index (χ0v) is 10.4. The predicted octanol–water partition coefficient (Wildman–Crippen LogP) is 1.84. The third-order valence-corrected chi connectivity index (χ3v) is 2.76. The number of imidazole rings is 1. The molecule has 4 heteroatoms. The van der Waals surface area contributed by atoms with Gasteiger partial charge in [0.15, 0.2) is 0 Å². The second-order valence-electron chi connectivity index (χ2n) is 4.77. The van der Waals surface area contributed by atoms with Gasteiger partial charge >= 0.3 is 0 Å². The summed E-state index contributed by atoms with van der Waals surface area (Å²) in [6, 6.07) is 0. The monoisotopic (exact) mass is 233 g/mol. The van der Waals surface area contributed by atoms with E-state index >= 15 is 0 Å². The number of carbonyl (C=O) groups excluding carboxylic acids is 1. The Hall–Kier alpha value is -1.58. The minimum Gasteiger partial charge on any atom is -0.351 e. The first-order valence-electron chi connectivity index (χ1n) is 6.10. The molecule has 0 atom stereocenters. The molecule has 92 valence electrons. The maximum absolute atomic E-state index is 11.4. The topological polar surface area (TPSA) is 46.9 Å². The van der Waals surface area contributed by atoms with Gasteiger partial charge in [-0.15, -0.1) is 0 Å². The molecule has 17 heavy (non-hydrogen) atoms. The first kappa shape index (κ1) is 11.9. The first-order chi connectivity index (χ1) is 8.16. The van der Waals surface area contributed by atoms with E-state index in [9.17, 15) is 4.79 Å². The molecule has 1 N–H and O–H groups in total. The van der Waals surface area contributed by atoms with E-state index in [1.165, 1.54) is 18.7 Å². The molecule has 0 bridgehead atoms. The summed E-state index contributed by atoms with van der Waals surface area (Å²) in [5.41, 5.74) is 1.02. The standard InChI is InChI=1S/C13H19N3O/c1-10(2)9-12(17)14-5-7-16-8-6-15-13(16)11-3-4-11/h6,8-9,11H,3-5,7H2,1-2H3,(H,14,17). The number of nitrogens with zero attached hydrogens (tertiary/aromatic N) is 2. The first-order valence-corrected chi connectivity index (χ1v) is 6.10. The van der Waals surface area contributed by atoms with Gasteiger partial charge in [0.2, 0.25) is 5.91 Å². The quantitative estimate of drug-likeness (QED) is 0.789. The molecule has 0 saturated heterocycles. The Morgan fingerprint density at radius 3 is 3.00 bits per heavy atom. The van der Waals surface area contributed by atoms with Crippen LogP contribution in [0.25, 0.3) is 0 Å². The van der Waals surface area contributed by atoms with E-state index in [0.29, 0.717) is 12.5 Å². The van der Waals surface area contributed by atoms with Crippen LogP contribution in [0.5, 0.6) is 0 Å². The number of carbonyl (C=O) groups is 1. The fourth-order valence-corrected chi connectivity index (χ4v) is 1.82. The lowest BCUT2D eigenvalue weighted by Gasteiger charge is -2.07. The van der Waals surface area contributed by atoms with Crippen molar-refractivity contribution in [3.05, 3.63) is 29.9 Å². The van der Waals surface area contributed by atoms with Crippen molar-refractivity contribution in [2.24, 2.45) is 0 Å². The van der Waals surface area contributed by atoms with Crippen LogP contribution in [0.3, 0.4) is 0 Å². The molecule has 1 aromatic heterocycles. The summed E-state index contributed by atoms with van der Waals surface area (Å²) in [6.07, 6.45) is 7.95. The van der Waals surface area contributed by atoms with Crippen LogP contribution in [0, 0.1) is 0 Å². The Morgan fingerprint density at radius 1 is 1.59 bits per heavy atom. The van der Waals surface area contributed by atoms with Gasteiger partial charge in [0, 0.05) is 37.5 Å². The van der Waals surface area contributed by atoms with Gasteiger partial charge in [-0.1, -0.05) is 5.57 Å². The number of hydrogen-bond acceptors (Lipinski definition) is 2. The number of amides is 1. The number of aromatic nitrogens is 2. The Kier molecular flexibility index (Phi) is 3.61. The largest absolute Gasteiger partial charge is 0.351 e. The highest BCUT2D eigenvalue weighted by Gasteiger charge is 2.27. The van der Waals surface area contributed by atoms with Gasteiger partial charge < -0.3 is 9.88 Å². The SMILES string of the molecule is CC(C)=CC(=O)NCCn1ccnc1C1CC1. The van der Waals surface area contributed by atoms with Crippen LogP contribution in [0.1, 0.15) is 38.4 Å². The van der Waals surface area contributed by atoms with E-state index in [1.54, 1.807) is 6.08 Å². The molecule has 2 rings (SSSR count). The molecule has 0 aliphatic heterocycles. The van der Waals surface area contributed by atoms with E-state index in [-0.39, 0.29) is 5.91 Å². The van der Waals surface area contributed by atoms with Crippen molar-refractivity contribution in [3.63, 3.8) is 0 Å². The summed E-state index contributed by atoms with van der Waals surface area (Å²) in [5, 5.41) is 2.87. The minimum atomic E-state index is -0.0157. The van der Waals surface area contributed by atoms with Crippen molar-refractivity contribution in [1.82, 2.24) is 14.9 Å². The van der Waals surface area contributed by atoms with Gasteiger partial charge in [-0.2, -0.15) is 0 Å². The Bertz CT molecular complexity index is 426. The summed E-state index contributed by atoms with van der Waals surface area (Å²) >= 11 is 0. The van der Waals surface area contributed by atoms with E-state index in [2.05, 4.69) is 14.9 Å². The Morgan fingerprint density at radius 2 is 2.35 bits per heavy atom. The number of nitrogens with one attached hydrogen (secondary N) is 1. The number of rotatable bonds is 5. The van der Waals surface area contributed by atoms with Gasteiger partial charge in [-0.05, 0) is 26.7 Å². The van der Waals surface area contributed by atoms with Crippen LogP contribution >= 0.6 is 0 Å². The highest BCUT2D eigenvalue weighted by molar-refractivity contribution is 5.87. The summed E-state index contributed by atoms with van der Waals surface area (Å²) in [6.45, 7) is 5.29. The maximum Gasteiger partial charge on any atom is 0.243 e. The zero-order chi connectivity index (χ0) is 12.3. The van der Waals surface area contributed by atoms with Crippen molar-refractivity contribution < 1.29 is 4.79 Å². The summed E-state index contributed by atoms with van der Waals surface area (Å²) in [4.78, 5) is 15.8. The molecule has 1 aliphatic carbocycles. The third kappa shape index (κ3) is 3.44. The third-order valence-electron chi connectivity index (χ3n) is 2.76. The van der Waals surface area contributed by atoms with Crippen molar-refractivity contribution in [2.45, 2.75) is 39.2 Å². The second kappa shape index (κ2) is 5.17. The van der Waals surface area contributed by atoms with Crippen LogP contribution in [0.4, 0.5) is 0 Å². The lowest BCUT2D eigenvalue weighted by molar-refractivity contribution is -0.116. The molecular formula is C13H19N3O. The van der Waals surface area contributed by atoms with E-state index in [0.717, 1.165) is 12.1 Å². The molecule has 0 aromatic carbocycles. The van der Waals surface area contributed by atoms with Crippen LogP contribution < -0.4 is 5.32 Å². The normalized spacial score (nSPS) is 14.5. The van der Waals surface area contributed by atoms with Gasteiger partial charge in [0.05, 0.1) is 0 Å². The average molecular weight is 233 g/mol. The predicted molar refractivity (Wildman–Crippen MR) is 66.6 cm³/mol. The molecular weight excluding hydrogens is 214 g/mol. The van der Waals surface area contributed by atoms with Crippen molar-refractivity contribution in [1.29, 1.82) is 0 Å².